The zero-order chi connectivity index (χ0) is 16.4. The molecule has 2 aromatic carbocycles. The second-order valence-electron chi connectivity index (χ2n) is 5.77. The smallest absolute Gasteiger partial charge is 0.309 e. The number of hydrogen-bond acceptors (Lipinski definition) is 4. The Balaban J connectivity index is 2.05. The summed E-state index contributed by atoms with van der Waals surface area (Å²) in [7, 11) is 1.33. The predicted octanol–water partition coefficient (Wildman–Crippen LogP) is 1.72. The number of carbonyl (C=O) groups excluding carboxylic acids is 2. The van der Waals surface area contributed by atoms with E-state index in [0.29, 0.717) is 0 Å². The highest BCUT2D eigenvalue weighted by Crippen LogP contribution is 2.57. The fraction of sp³-hybridized carbons (Fsp3) is 0.263. The van der Waals surface area contributed by atoms with Crippen LogP contribution < -0.4 is 5.11 Å². The van der Waals surface area contributed by atoms with Crippen molar-refractivity contribution >= 4 is 11.9 Å². The Morgan fingerprint density at radius 2 is 1.26 bits per heavy atom. The van der Waals surface area contributed by atoms with Crippen LogP contribution >= 0.6 is 0 Å². The van der Waals surface area contributed by atoms with Crippen molar-refractivity contribution in [3.05, 3.63) is 71.8 Å². The number of carboxylic acid groups (broad SMARTS) is 1. The van der Waals surface area contributed by atoms with E-state index in [4.69, 9.17) is 4.74 Å². The van der Waals surface area contributed by atoms with Gasteiger partial charge in [0.2, 0.25) is 0 Å². The molecule has 1 aliphatic carbocycles. The highest BCUT2D eigenvalue weighted by Gasteiger charge is 2.56. The van der Waals surface area contributed by atoms with Gasteiger partial charge in [-0.15, -0.1) is 0 Å². The average Bonchev–Trinajstić information content (AvgIpc) is 2.55. The van der Waals surface area contributed by atoms with Gasteiger partial charge in [-0.1, -0.05) is 60.7 Å². The second-order valence-corrected chi connectivity index (χ2v) is 5.77. The maximum absolute atomic E-state index is 12.3. The topological polar surface area (TPSA) is 66.4 Å². The zero-order valence-electron chi connectivity index (χ0n) is 12.7. The summed E-state index contributed by atoms with van der Waals surface area (Å²) in [5, 5.41) is 11.7. The molecule has 0 heterocycles. The highest BCUT2D eigenvalue weighted by atomic mass is 16.5. The van der Waals surface area contributed by atoms with Gasteiger partial charge in [0.15, 0.2) is 0 Å². The Hall–Kier alpha value is -2.62. The molecule has 0 radical (unpaired) electrons. The molecule has 0 aliphatic heterocycles. The van der Waals surface area contributed by atoms with Gasteiger partial charge < -0.3 is 14.6 Å². The Bertz CT molecular complexity index is 648. The molecule has 0 amide bonds. The third-order valence-corrected chi connectivity index (χ3v) is 4.66. The number of carbonyl (C=O) groups is 2. The summed E-state index contributed by atoms with van der Waals surface area (Å²) in [6, 6.07) is 18.5. The van der Waals surface area contributed by atoms with Gasteiger partial charge in [-0.05, 0) is 11.1 Å². The molecule has 23 heavy (non-hydrogen) atoms. The standard InChI is InChI=1S/C19H18O4/c1-23-19(22)17-14(12-8-4-2-5-9-12)16(18(20)21)15(17)13-10-6-3-7-11-13/h2-11,14-17H,1H3,(H,20,21)/p-1/t14-,15+,16?,17?. The molecular weight excluding hydrogens is 292 g/mol. The summed E-state index contributed by atoms with van der Waals surface area (Å²) >= 11 is 0. The van der Waals surface area contributed by atoms with E-state index in [-0.39, 0.29) is 5.97 Å². The van der Waals surface area contributed by atoms with Crippen LogP contribution in [0, 0.1) is 11.8 Å². The van der Waals surface area contributed by atoms with Crippen molar-refractivity contribution in [3.8, 4) is 0 Å². The maximum atomic E-state index is 12.3. The van der Waals surface area contributed by atoms with Crippen LogP contribution in [-0.2, 0) is 14.3 Å². The van der Waals surface area contributed by atoms with E-state index in [1.165, 1.54) is 7.11 Å². The van der Waals surface area contributed by atoms with Crippen LogP contribution in [0.1, 0.15) is 23.0 Å². The molecule has 4 heteroatoms. The first-order chi connectivity index (χ1) is 11.1. The van der Waals surface area contributed by atoms with E-state index in [0.717, 1.165) is 11.1 Å². The van der Waals surface area contributed by atoms with Crippen molar-refractivity contribution < 1.29 is 19.4 Å². The number of ether oxygens (including phenoxy) is 1. The first kappa shape index (κ1) is 15.3. The highest BCUT2D eigenvalue weighted by molar-refractivity contribution is 5.83. The van der Waals surface area contributed by atoms with Crippen LogP contribution in [0.25, 0.3) is 0 Å². The number of methoxy groups -OCH3 is 1. The molecule has 1 aliphatic rings. The lowest BCUT2D eigenvalue weighted by atomic mass is 9.52. The number of benzene rings is 2. The van der Waals surface area contributed by atoms with Crippen molar-refractivity contribution in [2.45, 2.75) is 11.8 Å². The van der Waals surface area contributed by atoms with Gasteiger partial charge in [-0.2, -0.15) is 0 Å². The summed E-state index contributed by atoms with van der Waals surface area (Å²) in [4.78, 5) is 24.0. The van der Waals surface area contributed by atoms with E-state index in [9.17, 15) is 14.7 Å². The molecule has 2 aromatic rings. The fourth-order valence-electron chi connectivity index (χ4n) is 3.65. The zero-order valence-corrected chi connectivity index (χ0v) is 12.7. The van der Waals surface area contributed by atoms with Crippen LogP contribution in [0.2, 0.25) is 0 Å². The molecule has 3 rings (SSSR count). The molecule has 0 spiro atoms. The molecule has 0 N–H and O–H groups in total. The number of hydrogen-bond donors (Lipinski definition) is 0. The van der Waals surface area contributed by atoms with Crippen molar-refractivity contribution in [1.82, 2.24) is 0 Å². The summed E-state index contributed by atoms with van der Waals surface area (Å²) in [6.07, 6.45) is 0. The molecule has 0 aromatic heterocycles. The Morgan fingerprint density at radius 1 is 0.826 bits per heavy atom. The van der Waals surface area contributed by atoms with Crippen LogP contribution in [-0.4, -0.2) is 19.0 Å². The van der Waals surface area contributed by atoms with Crippen LogP contribution in [0.3, 0.4) is 0 Å². The van der Waals surface area contributed by atoms with Crippen molar-refractivity contribution in [2.24, 2.45) is 11.8 Å². The fourth-order valence-corrected chi connectivity index (χ4v) is 3.65. The molecule has 0 bridgehead atoms. The SMILES string of the molecule is COC(=O)C1[C@H](c2ccccc2)C(C(=O)[O-])[C@@H]1c1ccccc1. The van der Waals surface area contributed by atoms with Crippen LogP contribution in [0.4, 0.5) is 0 Å². The van der Waals surface area contributed by atoms with Gasteiger partial charge in [-0.3, -0.25) is 4.79 Å². The predicted molar refractivity (Wildman–Crippen MR) is 82.4 cm³/mol. The molecule has 1 saturated carbocycles. The Kier molecular flexibility index (Phi) is 4.15. The normalized spacial score (nSPS) is 26.1. The summed E-state index contributed by atoms with van der Waals surface area (Å²) in [6.45, 7) is 0. The third kappa shape index (κ3) is 2.61. The Morgan fingerprint density at radius 3 is 1.61 bits per heavy atom. The van der Waals surface area contributed by atoms with Gasteiger partial charge >= 0.3 is 5.97 Å². The minimum absolute atomic E-state index is 0.384. The van der Waals surface area contributed by atoms with Crippen molar-refractivity contribution in [2.75, 3.05) is 7.11 Å². The van der Waals surface area contributed by atoms with E-state index < -0.39 is 29.6 Å². The van der Waals surface area contributed by atoms with Gasteiger partial charge in [-0.25, -0.2) is 0 Å². The monoisotopic (exact) mass is 309 g/mol. The lowest BCUT2D eigenvalue weighted by Gasteiger charge is -2.51. The minimum atomic E-state index is -1.13. The summed E-state index contributed by atoms with van der Waals surface area (Å²) < 4.78 is 4.93. The Labute approximate surface area is 134 Å². The van der Waals surface area contributed by atoms with Crippen molar-refractivity contribution in [3.63, 3.8) is 0 Å². The van der Waals surface area contributed by atoms with Crippen molar-refractivity contribution in [1.29, 1.82) is 0 Å². The quantitative estimate of drug-likeness (QED) is 0.807. The number of rotatable bonds is 4. The lowest BCUT2D eigenvalue weighted by Crippen LogP contribution is -2.55. The number of esters is 1. The minimum Gasteiger partial charge on any atom is -0.550 e. The maximum Gasteiger partial charge on any atom is 0.309 e. The molecule has 0 saturated heterocycles. The van der Waals surface area contributed by atoms with E-state index in [2.05, 4.69) is 0 Å². The molecule has 4 atom stereocenters. The van der Waals surface area contributed by atoms with E-state index in [1.54, 1.807) is 0 Å². The summed E-state index contributed by atoms with van der Waals surface area (Å²) in [5.41, 5.74) is 1.65. The molecule has 118 valence electrons. The number of carboxylic acids is 1. The first-order valence-electron chi connectivity index (χ1n) is 7.53. The number of aliphatic carboxylic acids is 1. The van der Waals surface area contributed by atoms with Gasteiger partial charge in [0.05, 0.1) is 13.0 Å². The van der Waals surface area contributed by atoms with Gasteiger partial charge in [0.1, 0.15) is 0 Å². The average molecular weight is 309 g/mol. The molecule has 1 fully saturated rings. The lowest BCUT2D eigenvalue weighted by molar-refractivity contribution is -0.317. The largest absolute Gasteiger partial charge is 0.550 e. The second kappa shape index (κ2) is 6.24. The van der Waals surface area contributed by atoms with E-state index >= 15 is 0 Å². The van der Waals surface area contributed by atoms with Gasteiger partial charge in [0.25, 0.3) is 0 Å². The first-order valence-corrected chi connectivity index (χ1v) is 7.53. The molecule has 4 nitrogen and oxygen atoms in total. The summed E-state index contributed by atoms with van der Waals surface area (Å²) in [5.74, 6) is -3.65. The van der Waals surface area contributed by atoms with E-state index in [1.807, 2.05) is 60.7 Å². The van der Waals surface area contributed by atoms with Gasteiger partial charge in [0, 0.05) is 23.7 Å². The molecular formula is C19H17O4-. The third-order valence-electron chi connectivity index (χ3n) is 4.66. The van der Waals surface area contributed by atoms with Crippen LogP contribution in [0.5, 0.6) is 0 Å². The van der Waals surface area contributed by atoms with Crippen LogP contribution in [0.15, 0.2) is 60.7 Å². The molecule has 2 unspecified atom stereocenters.